The van der Waals surface area contributed by atoms with E-state index >= 15 is 0 Å². The summed E-state index contributed by atoms with van der Waals surface area (Å²) in [6.07, 6.45) is 3.61. The summed E-state index contributed by atoms with van der Waals surface area (Å²) in [5.74, 6) is 0.677. The van der Waals surface area contributed by atoms with Gasteiger partial charge in [0.25, 0.3) is 0 Å². The molecule has 0 bridgehead atoms. The highest BCUT2D eigenvalue weighted by atomic mass is 19.1. The normalized spacial score (nSPS) is 10.7. The molecule has 0 radical (unpaired) electrons. The summed E-state index contributed by atoms with van der Waals surface area (Å²) in [7, 11) is 1.84. The van der Waals surface area contributed by atoms with Gasteiger partial charge >= 0.3 is 0 Å². The summed E-state index contributed by atoms with van der Waals surface area (Å²) >= 11 is 0. The first-order chi connectivity index (χ1) is 7.72. The topological polar surface area (TPSA) is 29.9 Å². The van der Waals surface area contributed by atoms with Gasteiger partial charge in [0, 0.05) is 18.9 Å². The lowest BCUT2D eigenvalue weighted by Gasteiger charge is -2.11. The van der Waals surface area contributed by atoms with Crippen LogP contribution in [-0.4, -0.2) is 16.6 Å². The highest BCUT2D eigenvalue weighted by Crippen LogP contribution is 2.17. The number of rotatable bonds is 3. The van der Waals surface area contributed by atoms with Crippen molar-refractivity contribution in [1.82, 2.24) is 14.9 Å². The Balaban J connectivity index is 2.51. The predicted molar refractivity (Wildman–Crippen MR) is 61.0 cm³/mol. The molecule has 4 heteroatoms. The molecule has 0 aliphatic heterocycles. The summed E-state index contributed by atoms with van der Waals surface area (Å²) in [6.45, 7) is 2.55. The molecule has 2 rings (SSSR count). The van der Waals surface area contributed by atoms with E-state index in [4.69, 9.17) is 0 Å². The maximum atomic E-state index is 13.2. The first kappa shape index (κ1) is 10.8. The van der Waals surface area contributed by atoms with Crippen molar-refractivity contribution in [1.29, 1.82) is 0 Å². The van der Waals surface area contributed by atoms with Gasteiger partial charge in [-0.1, -0.05) is 0 Å². The van der Waals surface area contributed by atoms with Crippen LogP contribution in [-0.2, 0) is 6.54 Å². The number of nitrogens with zero attached hydrogens (tertiary/aromatic N) is 2. The van der Waals surface area contributed by atoms with Crippen LogP contribution in [0.2, 0.25) is 0 Å². The second-order valence-corrected chi connectivity index (χ2v) is 3.65. The number of nitrogens with one attached hydrogen (secondary N) is 1. The SMILES string of the molecule is CNCc1cc(F)ccc1-n1ccnc1C. The van der Waals surface area contributed by atoms with Crippen LogP contribution in [0, 0.1) is 12.7 Å². The highest BCUT2D eigenvalue weighted by Gasteiger charge is 2.07. The van der Waals surface area contributed by atoms with Gasteiger partial charge in [-0.2, -0.15) is 0 Å². The van der Waals surface area contributed by atoms with Crippen molar-refractivity contribution in [2.24, 2.45) is 0 Å². The summed E-state index contributed by atoms with van der Waals surface area (Å²) in [5.41, 5.74) is 1.88. The smallest absolute Gasteiger partial charge is 0.123 e. The second-order valence-electron chi connectivity index (χ2n) is 3.65. The van der Waals surface area contributed by atoms with E-state index in [1.807, 2.05) is 24.7 Å². The van der Waals surface area contributed by atoms with E-state index in [1.54, 1.807) is 18.3 Å². The van der Waals surface area contributed by atoms with Gasteiger partial charge in [-0.25, -0.2) is 9.37 Å². The van der Waals surface area contributed by atoms with Gasteiger partial charge in [0.05, 0.1) is 5.69 Å². The van der Waals surface area contributed by atoms with Crippen molar-refractivity contribution < 1.29 is 4.39 Å². The predicted octanol–water partition coefficient (Wildman–Crippen LogP) is 2.04. The molecule has 1 aromatic heterocycles. The maximum Gasteiger partial charge on any atom is 0.123 e. The van der Waals surface area contributed by atoms with Crippen LogP contribution in [0.15, 0.2) is 30.6 Å². The van der Waals surface area contributed by atoms with Crippen LogP contribution in [0.1, 0.15) is 11.4 Å². The Labute approximate surface area is 93.9 Å². The van der Waals surface area contributed by atoms with Crippen LogP contribution in [0.4, 0.5) is 4.39 Å². The third-order valence-corrected chi connectivity index (χ3v) is 2.49. The molecular weight excluding hydrogens is 205 g/mol. The molecule has 84 valence electrons. The van der Waals surface area contributed by atoms with Crippen molar-refractivity contribution in [3.63, 3.8) is 0 Å². The molecule has 1 aromatic carbocycles. The van der Waals surface area contributed by atoms with Gasteiger partial charge in [0.2, 0.25) is 0 Å². The Hall–Kier alpha value is -1.68. The lowest BCUT2D eigenvalue weighted by atomic mass is 10.1. The summed E-state index contributed by atoms with van der Waals surface area (Å²) < 4.78 is 15.1. The Morgan fingerprint density at radius 3 is 2.88 bits per heavy atom. The lowest BCUT2D eigenvalue weighted by molar-refractivity contribution is 0.622. The quantitative estimate of drug-likeness (QED) is 0.856. The Kier molecular flexibility index (Phi) is 3.01. The van der Waals surface area contributed by atoms with Gasteiger partial charge in [-0.3, -0.25) is 0 Å². The lowest BCUT2D eigenvalue weighted by Crippen LogP contribution is -2.10. The first-order valence-electron chi connectivity index (χ1n) is 5.15. The summed E-state index contributed by atoms with van der Waals surface area (Å²) in [6, 6.07) is 4.79. The largest absolute Gasteiger partial charge is 0.316 e. The summed E-state index contributed by atoms with van der Waals surface area (Å²) in [4.78, 5) is 4.17. The second kappa shape index (κ2) is 4.45. The molecular formula is C12H14FN3. The zero-order valence-corrected chi connectivity index (χ0v) is 9.37. The molecule has 0 amide bonds. The van der Waals surface area contributed by atoms with Crippen molar-refractivity contribution in [2.45, 2.75) is 13.5 Å². The molecule has 0 saturated heterocycles. The van der Waals surface area contributed by atoms with Gasteiger partial charge in [0.1, 0.15) is 11.6 Å². The van der Waals surface area contributed by atoms with E-state index in [0.29, 0.717) is 6.54 Å². The fraction of sp³-hybridized carbons (Fsp3) is 0.250. The molecule has 0 aliphatic carbocycles. The number of halogens is 1. The maximum absolute atomic E-state index is 13.2. The van der Waals surface area contributed by atoms with E-state index < -0.39 is 0 Å². The van der Waals surface area contributed by atoms with E-state index in [1.165, 1.54) is 6.07 Å². The molecule has 0 saturated carbocycles. The van der Waals surface area contributed by atoms with Crippen LogP contribution >= 0.6 is 0 Å². The molecule has 0 aliphatic rings. The van der Waals surface area contributed by atoms with Crippen LogP contribution in [0.5, 0.6) is 0 Å². The van der Waals surface area contributed by atoms with E-state index in [2.05, 4.69) is 10.3 Å². The molecule has 0 fully saturated rings. The van der Waals surface area contributed by atoms with E-state index in [9.17, 15) is 4.39 Å². The minimum absolute atomic E-state index is 0.216. The molecule has 1 N–H and O–H groups in total. The Morgan fingerprint density at radius 1 is 1.44 bits per heavy atom. The third-order valence-electron chi connectivity index (χ3n) is 2.49. The number of aromatic nitrogens is 2. The molecule has 16 heavy (non-hydrogen) atoms. The average molecular weight is 219 g/mol. The molecule has 2 aromatic rings. The first-order valence-corrected chi connectivity index (χ1v) is 5.15. The zero-order valence-electron chi connectivity index (χ0n) is 9.37. The van der Waals surface area contributed by atoms with Gasteiger partial charge in [-0.15, -0.1) is 0 Å². The zero-order chi connectivity index (χ0) is 11.5. The number of hydrogen-bond donors (Lipinski definition) is 1. The van der Waals surface area contributed by atoms with Gasteiger partial charge in [0.15, 0.2) is 0 Å². The van der Waals surface area contributed by atoms with E-state index in [0.717, 1.165) is 17.1 Å². The molecule has 0 spiro atoms. The summed E-state index contributed by atoms with van der Waals surface area (Å²) in [5, 5.41) is 3.03. The molecule has 0 unspecified atom stereocenters. The molecule has 1 heterocycles. The van der Waals surface area contributed by atoms with Gasteiger partial charge < -0.3 is 9.88 Å². The molecule has 0 atom stereocenters. The van der Waals surface area contributed by atoms with Crippen molar-refractivity contribution in [3.05, 3.63) is 47.8 Å². The fourth-order valence-electron chi connectivity index (χ4n) is 1.75. The minimum Gasteiger partial charge on any atom is -0.316 e. The minimum atomic E-state index is -0.216. The van der Waals surface area contributed by atoms with Crippen LogP contribution < -0.4 is 5.32 Å². The number of hydrogen-bond acceptors (Lipinski definition) is 2. The van der Waals surface area contributed by atoms with Crippen molar-refractivity contribution in [3.8, 4) is 5.69 Å². The third kappa shape index (κ3) is 1.97. The van der Waals surface area contributed by atoms with Crippen LogP contribution in [0.25, 0.3) is 5.69 Å². The molecule has 3 nitrogen and oxygen atoms in total. The van der Waals surface area contributed by atoms with Gasteiger partial charge in [-0.05, 0) is 37.7 Å². The Morgan fingerprint density at radius 2 is 2.25 bits per heavy atom. The fourth-order valence-corrected chi connectivity index (χ4v) is 1.75. The Bertz CT molecular complexity index is 491. The van der Waals surface area contributed by atoms with Crippen molar-refractivity contribution >= 4 is 0 Å². The van der Waals surface area contributed by atoms with E-state index in [-0.39, 0.29) is 5.82 Å². The number of aryl methyl sites for hydroxylation is 1. The highest BCUT2D eigenvalue weighted by molar-refractivity contribution is 5.42. The standard InChI is InChI=1S/C12H14FN3/c1-9-15-5-6-16(9)12-4-3-11(13)7-10(12)8-14-2/h3-7,14H,8H2,1-2H3. The van der Waals surface area contributed by atoms with Crippen LogP contribution in [0.3, 0.4) is 0 Å². The average Bonchev–Trinajstić information content (AvgIpc) is 2.65. The van der Waals surface area contributed by atoms with Crippen molar-refractivity contribution in [2.75, 3.05) is 7.05 Å². The number of benzene rings is 1. The monoisotopic (exact) mass is 219 g/mol. The number of imidazole rings is 1.